The quantitative estimate of drug-likeness (QED) is 0.375. The molecule has 4 N–H and O–H groups in total. The van der Waals surface area contributed by atoms with E-state index in [1.807, 2.05) is 0 Å². The summed E-state index contributed by atoms with van der Waals surface area (Å²) in [7, 11) is 0. The molecule has 0 aromatic carbocycles. The van der Waals surface area contributed by atoms with Crippen LogP contribution in [-0.2, 0) is 4.79 Å². The zero-order chi connectivity index (χ0) is 9.94. The van der Waals surface area contributed by atoms with Gasteiger partial charge in [0.1, 0.15) is 18.3 Å². The van der Waals surface area contributed by atoms with Gasteiger partial charge >= 0.3 is 0 Å². The molecule has 3 atom stereocenters. The number of aliphatic hydroxyl groups is 4. The van der Waals surface area contributed by atoms with Crippen LogP contribution in [0.15, 0.2) is 0 Å². The molecule has 5 heteroatoms. The zero-order valence-corrected chi connectivity index (χ0v) is 7.01. The molecule has 0 fully saturated rings. The molecule has 72 valence electrons. The lowest BCUT2D eigenvalue weighted by molar-refractivity contribution is -0.147. The zero-order valence-electron chi connectivity index (χ0n) is 7.01. The van der Waals surface area contributed by atoms with E-state index in [4.69, 9.17) is 20.4 Å². The van der Waals surface area contributed by atoms with Gasteiger partial charge in [0.05, 0.1) is 5.60 Å². The summed E-state index contributed by atoms with van der Waals surface area (Å²) in [5.74, 6) is 0. The fraction of sp³-hybridized carbons (Fsp3) is 0.857. The summed E-state index contributed by atoms with van der Waals surface area (Å²) in [4.78, 5) is 9.97. The van der Waals surface area contributed by atoms with Crippen molar-refractivity contribution in [2.45, 2.75) is 37.8 Å². The number of carbonyl (C=O) groups is 1. The summed E-state index contributed by atoms with van der Waals surface area (Å²) in [5.41, 5.74) is -1.55. The van der Waals surface area contributed by atoms with Crippen molar-refractivity contribution in [3.63, 3.8) is 0 Å². The molecule has 0 bridgehead atoms. The Bertz CT molecular complexity index is 150. The van der Waals surface area contributed by atoms with Crippen LogP contribution in [0.4, 0.5) is 0 Å². The first-order chi connectivity index (χ1) is 5.30. The number of hydrogen-bond acceptors (Lipinski definition) is 5. The van der Waals surface area contributed by atoms with E-state index in [1.165, 1.54) is 13.8 Å². The SMILES string of the molecule is CC(C)(O)[C@@H](O)[C@@H](O)[C@H](O)C=O. The topological polar surface area (TPSA) is 98.0 Å². The lowest BCUT2D eigenvalue weighted by atomic mass is 9.94. The number of hydrogen-bond donors (Lipinski definition) is 4. The highest BCUT2D eigenvalue weighted by Gasteiger charge is 2.35. The predicted octanol–water partition coefficient (Wildman–Crippen LogP) is -1.96. The van der Waals surface area contributed by atoms with Crippen molar-refractivity contribution in [2.75, 3.05) is 0 Å². The molecule has 0 aliphatic heterocycles. The van der Waals surface area contributed by atoms with E-state index in [1.54, 1.807) is 0 Å². The maximum atomic E-state index is 9.97. The Hall–Kier alpha value is -0.490. The first kappa shape index (κ1) is 11.5. The molecule has 0 saturated heterocycles. The molecular weight excluding hydrogens is 164 g/mol. The van der Waals surface area contributed by atoms with Gasteiger partial charge in [-0.2, -0.15) is 0 Å². The van der Waals surface area contributed by atoms with E-state index in [-0.39, 0.29) is 6.29 Å². The maximum absolute atomic E-state index is 9.97. The average Bonchev–Trinajstić information content (AvgIpc) is 1.98. The minimum Gasteiger partial charge on any atom is -0.388 e. The number of aldehydes is 1. The molecule has 0 aromatic heterocycles. The van der Waals surface area contributed by atoms with Gasteiger partial charge in [0, 0.05) is 0 Å². The number of aliphatic hydroxyl groups excluding tert-OH is 3. The molecule has 0 aliphatic rings. The number of carbonyl (C=O) groups excluding carboxylic acids is 1. The molecule has 12 heavy (non-hydrogen) atoms. The van der Waals surface area contributed by atoms with Crippen LogP contribution in [0.2, 0.25) is 0 Å². The average molecular weight is 178 g/mol. The molecule has 5 nitrogen and oxygen atoms in total. The largest absolute Gasteiger partial charge is 0.388 e. The summed E-state index contributed by atoms with van der Waals surface area (Å²) >= 11 is 0. The summed E-state index contributed by atoms with van der Waals surface area (Å²) in [5, 5.41) is 36.1. The van der Waals surface area contributed by atoms with Crippen LogP contribution in [0, 0.1) is 0 Å². The van der Waals surface area contributed by atoms with E-state index in [9.17, 15) is 4.79 Å². The van der Waals surface area contributed by atoms with E-state index in [2.05, 4.69) is 0 Å². The van der Waals surface area contributed by atoms with Gasteiger partial charge in [-0.15, -0.1) is 0 Å². The molecule has 0 spiro atoms. The molecule has 0 amide bonds. The van der Waals surface area contributed by atoms with E-state index in [0.29, 0.717) is 0 Å². The monoisotopic (exact) mass is 178 g/mol. The fourth-order valence-corrected chi connectivity index (χ4v) is 0.685. The molecule has 0 rings (SSSR count). The van der Waals surface area contributed by atoms with Crippen LogP contribution < -0.4 is 0 Å². The summed E-state index contributed by atoms with van der Waals surface area (Å²) in [6.45, 7) is 2.52. The summed E-state index contributed by atoms with van der Waals surface area (Å²) < 4.78 is 0. The van der Waals surface area contributed by atoms with Crippen molar-refractivity contribution in [1.29, 1.82) is 0 Å². The first-order valence-corrected chi connectivity index (χ1v) is 3.52. The van der Waals surface area contributed by atoms with Gasteiger partial charge < -0.3 is 25.2 Å². The van der Waals surface area contributed by atoms with Gasteiger partial charge in [-0.25, -0.2) is 0 Å². The van der Waals surface area contributed by atoms with E-state index < -0.39 is 23.9 Å². The lowest BCUT2D eigenvalue weighted by Gasteiger charge is -2.29. The second kappa shape index (κ2) is 3.95. The Kier molecular flexibility index (Phi) is 3.79. The van der Waals surface area contributed by atoms with Crippen LogP contribution in [0.3, 0.4) is 0 Å². The van der Waals surface area contributed by atoms with Crippen molar-refractivity contribution < 1.29 is 25.2 Å². The molecule has 0 unspecified atom stereocenters. The maximum Gasteiger partial charge on any atom is 0.151 e. The van der Waals surface area contributed by atoms with Crippen LogP contribution in [0.25, 0.3) is 0 Å². The highest BCUT2D eigenvalue weighted by Crippen LogP contribution is 2.13. The van der Waals surface area contributed by atoms with Gasteiger partial charge in [0.25, 0.3) is 0 Å². The van der Waals surface area contributed by atoms with E-state index >= 15 is 0 Å². The predicted molar refractivity (Wildman–Crippen MR) is 40.4 cm³/mol. The highest BCUT2D eigenvalue weighted by molar-refractivity contribution is 5.56. The summed E-state index contributed by atoms with van der Waals surface area (Å²) in [6.07, 6.45) is -4.80. The van der Waals surface area contributed by atoms with Crippen LogP contribution in [0.5, 0.6) is 0 Å². The van der Waals surface area contributed by atoms with Gasteiger partial charge in [-0.3, -0.25) is 0 Å². The van der Waals surface area contributed by atoms with Crippen molar-refractivity contribution in [3.05, 3.63) is 0 Å². The minimum absolute atomic E-state index is 0.0969. The molecule has 0 saturated carbocycles. The fourth-order valence-electron chi connectivity index (χ4n) is 0.685. The van der Waals surface area contributed by atoms with Crippen molar-refractivity contribution >= 4 is 6.29 Å². The van der Waals surface area contributed by atoms with Gasteiger partial charge in [-0.1, -0.05) is 0 Å². The van der Waals surface area contributed by atoms with Crippen LogP contribution in [0.1, 0.15) is 13.8 Å². The first-order valence-electron chi connectivity index (χ1n) is 3.52. The van der Waals surface area contributed by atoms with Crippen LogP contribution >= 0.6 is 0 Å². The molecule has 0 heterocycles. The van der Waals surface area contributed by atoms with Crippen LogP contribution in [-0.4, -0.2) is 50.6 Å². The Morgan fingerprint density at radius 1 is 1.25 bits per heavy atom. The molecule has 0 radical (unpaired) electrons. The van der Waals surface area contributed by atoms with E-state index in [0.717, 1.165) is 0 Å². The second-order valence-electron chi connectivity index (χ2n) is 3.22. The van der Waals surface area contributed by atoms with Gasteiger partial charge in [0.2, 0.25) is 0 Å². The lowest BCUT2D eigenvalue weighted by Crippen LogP contribution is -2.50. The van der Waals surface area contributed by atoms with Gasteiger partial charge in [0.15, 0.2) is 6.29 Å². The smallest absolute Gasteiger partial charge is 0.151 e. The molecule has 0 aromatic rings. The third kappa shape index (κ3) is 2.86. The second-order valence-corrected chi connectivity index (χ2v) is 3.22. The Morgan fingerprint density at radius 3 is 1.92 bits per heavy atom. The Balaban J connectivity index is 4.28. The molecule has 0 aliphatic carbocycles. The van der Waals surface area contributed by atoms with Crippen molar-refractivity contribution in [1.82, 2.24) is 0 Å². The van der Waals surface area contributed by atoms with Gasteiger partial charge in [-0.05, 0) is 13.8 Å². The highest BCUT2D eigenvalue weighted by atomic mass is 16.4. The van der Waals surface area contributed by atoms with Crippen molar-refractivity contribution in [3.8, 4) is 0 Å². The Labute approximate surface area is 70.3 Å². The third-order valence-corrected chi connectivity index (χ3v) is 1.54. The Morgan fingerprint density at radius 2 is 1.67 bits per heavy atom. The normalized spacial score (nSPS) is 19.8. The third-order valence-electron chi connectivity index (χ3n) is 1.54. The standard InChI is InChI=1S/C7H14O5/c1-7(2,12)6(11)5(10)4(9)3-8/h3-6,9-12H,1-2H3/t4-,5+,6+/m1/s1. The van der Waals surface area contributed by atoms with Crippen molar-refractivity contribution in [2.24, 2.45) is 0 Å². The minimum atomic E-state index is -1.67. The number of rotatable bonds is 4. The molecular formula is C7H14O5. The summed E-state index contributed by atoms with van der Waals surface area (Å²) in [6, 6.07) is 0.